The Labute approximate surface area is 105 Å². The number of aryl methyl sites for hydroxylation is 1. The van der Waals surface area contributed by atoms with Gasteiger partial charge in [0.05, 0.1) is 11.0 Å². The first kappa shape index (κ1) is 8.63. The van der Waals surface area contributed by atoms with Gasteiger partial charge in [0.25, 0.3) is 0 Å². The summed E-state index contributed by atoms with van der Waals surface area (Å²) in [6.45, 7) is 0.680. The molecule has 6 nitrogen and oxygen atoms in total. The Hall–Kier alpha value is -1.43. The Morgan fingerprint density at radius 1 is 1.65 bits per heavy atom. The molecule has 0 aromatic carbocycles. The summed E-state index contributed by atoms with van der Waals surface area (Å²) in [5, 5.41) is 15.2. The third kappa shape index (κ3) is 2.46. The summed E-state index contributed by atoms with van der Waals surface area (Å²) in [5.41, 5.74) is 0.527. The molecule has 1 aromatic heterocycles. The first-order valence-electron chi connectivity index (χ1n) is 7.30. The minimum Gasteiger partial charge on any atom is -0.306 e. The Balaban J connectivity index is 2.09. The Bertz CT molecular complexity index is 492. The molecule has 1 aliphatic heterocycles. The zero-order valence-corrected chi connectivity index (χ0v) is 9.80. The minimum atomic E-state index is -2.06. The molecule has 0 radical (unpaired) electrons. The van der Waals surface area contributed by atoms with Gasteiger partial charge in [0, 0.05) is 4.11 Å². The van der Waals surface area contributed by atoms with Crippen molar-refractivity contribution in [3.63, 3.8) is 0 Å². The van der Waals surface area contributed by atoms with E-state index >= 15 is 0 Å². The molecule has 94 valence electrons. The molecule has 1 saturated heterocycles. The topological polar surface area (TPSA) is 64.2 Å². The molecule has 1 aromatic rings. The number of likely N-dealkylation sites (tertiary alicyclic amines) is 1. The van der Waals surface area contributed by atoms with E-state index in [0.29, 0.717) is 38.0 Å². The average Bonchev–Trinajstić information content (AvgIpc) is 2.82. The van der Waals surface area contributed by atoms with Gasteiger partial charge in [-0.15, -0.1) is 0 Å². The highest BCUT2D eigenvalue weighted by Gasteiger charge is 2.24. The van der Waals surface area contributed by atoms with E-state index in [2.05, 4.69) is 5.10 Å². The highest BCUT2D eigenvalue weighted by Crippen LogP contribution is 2.25. The van der Waals surface area contributed by atoms with Crippen LogP contribution in [0.5, 0.6) is 0 Å². The number of nitrogens with zero attached hydrogens (tertiary/aromatic N) is 4. The van der Waals surface area contributed by atoms with Crippen LogP contribution in [-0.4, -0.2) is 39.7 Å². The van der Waals surface area contributed by atoms with Crippen molar-refractivity contribution in [3.8, 4) is 0 Å². The average molecular weight is 241 g/mol. The van der Waals surface area contributed by atoms with Gasteiger partial charge in [0.1, 0.15) is 11.9 Å². The molecule has 2 heterocycles. The van der Waals surface area contributed by atoms with Gasteiger partial charge in [-0.1, -0.05) is 6.92 Å². The summed E-state index contributed by atoms with van der Waals surface area (Å²) >= 11 is 0. The van der Waals surface area contributed by atoms with E-state index in [-0.39, 0.29) is 11.7 Å². The Morgan fingerprint density at radius 2 is 2.35 bits per heavy atom. The molecule has 1 aliphatic rings. The van der Waals surface area contributed by atoms with E-state index in [4.69, 9.17) is 4.11 Å². The van der Waals surface area contributed by atoms with Crippen LogP contribution < -0.4 is 0 Å². The number of hydrogen-bond acceptors (Lipinski definition) is 4. The van der Waals surface area contributed by atoms with E-state index in [1.807, 2.05) is 6.92 Å². The van der Waals surface area contributed by atoms with Crippen molar-refractivity contribution in [2.24, 2.45) is 0 Å². The van der Waals surface area contributed by atoms with Crippen LogP contribution in [0.25, 0.3) is 0 Å². The lowest BCUT2D eigenvalue weighted by Gasteiger charge is -2.28. The molecular weight excluding hydrogens is 220 g/mol. The van der Waals surface area contributed by atoms with Crippen molar-refractivity contribution in [1.82, 2.24) is 14.7 Å². The Morgan fingerprint density at radius 3 is 2.82 bits per heavy atom. The van der Waals surface area contributed by atoms with Crippen molar-refractivity contribution in [3.05, 3.63) is 22.0 Å². The zero-order valence-electron chi connectivity index (χ0n) is 12.8. The summed E-state index contributed by atoms with van der Waals surface area (Å²) in [7, 11) is 0. The lowest BCUT2D eigenvalue weighted by atomic mass is 10.1. The second kappa shape index (κ2) is 4.83. The number of rotatable bonds is 3. The Kier molecular flexibility index (Phi) is 2.45. The maximum absolute atomic E-state index is 10.9. The molecule has 0 N–H and O–H groups in total. The normalized spacial score (nSPS) is 21.8. The largest absolute Gasteiger partial charge is 0.310 e. The fourth-order valence-electron chi connectivity index (χ4n) is 2.14. The van der Waals surface area contributed by atoms with Crippen LogP contribution in [-0.2, 0) is 6.42 Å². The third-order valence-corrected chi connectivity index (χ3v) is 3.16. The van der Waals surface area contributed by atoms with Gasteiger partial charge in [-0.25, -0.2) is 0 Å². The molecule has 2 rings (SSSR count). The molecule has 1 fully saturated rings. The molecule has 0 saturated carbocycles. The second-order valence-electron chi connectivity index (χ2n) is 4.27. The molecule has 0 aliphatic carbocycles. The third-order valence-electron chi connectivity index (χ3n) is 3.16. The second-order valence-corrected chi connectivity index (χ2v) is 4.27. The van der Waals surface area contributed by atoms with Gasteiger partial charge in [0.15, 0.2) is 0 Å². The molecule has 0 atom stereocenters. The maximum atomic E-state index is 10.9. The van der Waals surface area contributed by atoms with Crippen LogP contribution in [0, 0.1) is 10.1 Å². The number of piperidine rings is 1. The van der Waals surface area contributed by atoms with E-state index < -0.39 is 11.9 Å². The molecule has 6 heteroatoms. The lowest BCUT2D eigenvalue weighted by Crippen LogP contribution is -2.31. The fourth-order valence-corrected chi connectivity index (χ4v) is 2.14. The van der Waals surface area contributed by atoms with Crippen LogP contribution in [0.15, 0.2) is 6.20 Å². The highest BCUT2D eigenvalue weighted by atomic mass is 16.6. The summed E-state index contributed by atoms with van der Waals surface area (Å²) in [5.74, 6) is 0. The minimum absolute atomic E-state index is 0.0348. The SMILES string of the molecule is [2H]C([2H])([2H])N1CCC(n2cc([N+](=O)[O-])c(CC)n2)CC1. The van der Waals surface area contributed by atoms with E-state index in [1.165, 1.54) is 11.1 Å². The van der Waals surface area contributed by atoms with Gasteiger partial charge in [-0.3, -0.25) is 14.8 Å². The smallest absolute Gasteiger partial charge is 0.306 e. The summed E-state index contributed by atoms with van der Waals surface area (Å²) in [6, 6.07) is 0.0348. The standard InChI is InChI=1S/C11H18N4O2/c1-3-10-11(15(16)17)8-14(12-10)9-4-6-13(2)7-5-9/h8-9H,3-7H2,1-2H3/i2D3. The lowest BCUT2D eigenvalue weighted by molar-refractivity contribution is -0.385. The predicted molar refractivity (Wildman–Crippen MR) is 64.0 cm³/mol. The van der Waals surface area contributed by atoms with Crippen LogP contribution in [0.4, 0.5) is 5.69 Å². The predicted octanol–water partition coefficient (Wildman–Crippen LogP) is 1.62. The van der Waals surface area contributed by atoms with Crippen molar-refractivity contribution in [1.29, 1.82) is 0 Å². The molecule has 0 spiro atoms. The van der Waals surface area contributed by atoms with Crippen LogP contribution in [0.1, 0.15) is 35.6 Å². The monoisotopic (exact) mass is 241 g/mol. The fraction of sp³-hybridized carbons (Fsp3) is 0.727. The van der Waals surface area contributed by atoms with Gasteiger partial charge < -0.3 is 4.90 Å². The zero-order chi connectivity index (χ0) is 14.9. The van der Waals surface area contributed by atoms with Crippen molar-refractivity contribution >= 4 is 5.69 Å². The molecular formula is C11H18N4O2. The van der Waals surface area contributed by atoms with Crippen molar-refractivity contribution in [2.75, 3.05) is 20.1 Å². The van der Waals surface area contributed by atoms with Gasteiger partial charge >= 0.3 is 5.69 Å². The number of aromatic nitrogens is 2. The van der Waals surface area contributed by atoms with Crippen LogP contribution in [0.2, 0.25) is 0 Å². The summed E-state index contributed by atoms with van der Waals surface area (Å²) < 4.78 is 23.7. The van der Waals surface area contributed by atoms with Crippen LogP contribution in [0.3, 0.4) is 0 Å². The van der Waals surface area contributed by atoms with E-state index in [0.717, 1.165) is 0 Å². The molecule has 0 unspecified atom stereocenters. The van der Waals surface area contributed by atoms with E-state index in [9.17, 15) is 10.1 Å². The molecule has 17 heavy (non-hydrogen) atoms. The summed E-state index contributed by atoms with van der Waals surface area (Å²) in [6.07, 6.45) is 3.26. The van der Waals surface area contributed by atoms with Gasteiger partial charge in [-0.05, 0) is 39.3 Å². The van der Waals surface area contributed by atoms with Crippen LogP contribution >= 0.6 is 0 Å². The first-order chi connectivity index (χ1) is 9.32. The first-order valence-corrected chi connectivity index (χ1v) is 5.80. The van der Waals surface area contributed by atoms with Gasteiger partial charge in [0.2, 0.25) is 0 Å². The quantitative estimate of drug-likeness (QED) is 0.596. The van der Waals surface area contributed by atoms with Gasteiger partial charge in [-0.2, -0.15) is 5.10 Å². The van der Waals surface area contributed by atoms with Crippen molar-refractivity contribution < 1.29 is 9.04 Å². The van der Waals surface area contributed by atoms with Crippen molar-refractivity contribution in [2.45, 2.75) is 32.2 Å². The molecule has 0 amide bonds. The summed E-state index contributed by atoms with van der Waals surface area (Å²) in [4.78, 5) is 12.0. The number of hydrogen-bond donors (Lipinski definition) is 0. The maximum Gasteiger partial charge on any atom is 0.310 e. The van der Waals surface area contributed by atoms with E-state index in [1.54, 1.807) is 4.68 Å². The highest BCUT2D eigenvalue weighted by molar-refractivity contribution is 5.32. The number of nitro groups is 1. The molecule has 0 bridgehead atoms.